The van der Waals surface area contributed by atoms with Gasteiger partial charge in [-0.1, -0.05) is 29.8 Å². The Labute approximate surface area is 177 Å². The van der Waals surface area contributed by atoms with Crippen molar-refractivity contribution in [1.82, 2.24) is 15.5 Å². The second-order valence-electron chi connectivity index (χ2n) is 8.44. The minimum absolute atomic E-state index is 0.0655. The van der Waals surface area contributed by atoms with Crippen LogP contribution in [0, 0.1) is 18.8 Å². The number of ether oxygens (including phenoxy) is 1. The highest BCUT2D eigenvalue weighted by Crippen LogP contribution is 2.33. The Morgan fingerprint density at radius 3 is 2.60 bits per heavy atom. The van der Waals surface area contributed by atoms with Crippen molar-refractivity contribution in [3.63, 3.8) is 0 Å². The van der Waals surface area contributed by atoms with Crippen molar-refractivity contribution in [2.24, 2.45) is 16.8 Å². The Hall–Kier alpha value is -1.80. The van der Waals surface area contributed by atoms with E-state index in [1.165, 1.54) is 16.0 Å². The van der Waals surface area contributed by atoms with E-state index in [9.17, 15) is 13.2 Å². The van der Waals surface area contributed by atoms with E-state index in [1.807, 2.05) is 0 Å². The van der Waals surface area contributed by atoms with Crippen LogP contribution in [0.2, 0.25) is 0 Å². The fraction of sp³-hybridized carbons (Fsp3) is 0.682. The van der Waals surface area contributed by atoms with Crippen molar-refractivity contribution in [3.8, 4) is 0 Å². The summed E-state index contributed by atoms with van der Waals surface area (Å²) in [6.45, 7) is 4.36. The molecule has 2 saturated heterocycles. The van der Waals surface area contributed by atoms with Gasteiger partial charge in [-0.3, -0.25) is 9.89 Å². The maximum Gasteiger partial charge on any atom is 0.401 e. The molecular formula is C22H33F3N4O. The van der Waals surface area contributed by atoms with E-state index >= 15 is 0 Å². The van der Waals surface area contributed by atoms with Gasteiger partial charge in [-0.2, -0.15) is 13.2 Å². The molecule has 2 N–H and O–H groups in total. The number of aliphatic imine (C=N–C) groups is 1. The molecule has 3 rings (SSSR count). The molecule has 2 fully saturated rings. The van der Waals surface area contributed by atoms with Crippen molar-refractivity contribution in [3.05, 3.63) is 35.4 Å². The van der Waals surface area contributed by atoms with Gasteiger partial charge in [0.15, 0.2) is 5.96 Å². The van der Waals surface area contributed by atoms with Crippen molar-refractivity contribution in [2.75, 3.05) is 46.4 Å². The molecule has 2 aliphatic heterocycles. The van der Waals surface area contributed by atoms with Crippen molar-refractivity contribution < 1.29 is 17.9 Å². The van der Waals surface area contributed by atoms with E-state index in [4.69, 9.17) is 4.74 Å². The van der Waals surface area contributed by atoms with E-state index in [2.05, 4.69) is 46.8 Å². The minimum atomic E-state index is -4.13. The van der Waals surface area contributed by atoms with Crippen molar-refractivity contribution in [2.45, 2.75) is 38.5 Å². The highest BCUT2D eigenvalue weighted by molar-refractivity contribution is 5.79. The zero-order valence-electron chi connectivity index (χ0n) is 17.8. The van der Waals surface area contributed by atoms with Crippen LogP contribution in [0.3, 0.4) is 0 Å². The number of hydrogen-bond donors (Lipinski definition) is 2. The third kappa shape index (κ3) is 6.87. The van der Waals surface area contributed by atoms with Gasteiger partial charge < -0.3 is 15.4 Å². The number of benzene rings is 1. The smallest absolute Gasteiger partial charge is 0.373 e. The van der Waals surface area contributed by atoms with Crippen LogP contribution in [0.4, 0.5) is 13.2 Å². The van der Waals surface area contributed by atoms with Gasteiger partial charge in [0.1, 0.15) is 0 Å². The molecule has 1 aromatic rings. The lowest BCUT2D eigenvalue weighted by Gasteiger charge is -2.32. The number of rotatable bonds is 6. The lowest BCUT2D eigenvalue weighted by Crippen LogP contribution is -2.43. The number of nitrogens with one attached hydrogen (secondary N) is 2. The summed E-state index contributed by atoms with van der Waals surface area (Å²) in [5.74, 6) is 1.23. The van der Waals surface area contributed by atoms with Crippen LogP contribution in [-0.2, 0) is 4.74 Å². The Bertz CT molecular complexity index is 693. The van der Waals surface area contributed by atoms with Crippen LogP contribution in [0.1, 0.15) is 36.5 Å². The van der Waals surface area contributed by atoms with Gasteiger partial charge in [-0.25, -0.2) is 0 Å². The van der Waals surface area contributed by atoms with Crippen LogP contribution < -0.4 is 10.6 Å². The predicted molar refractivity (Wildman–Crippen MR) is 113 cm³/mol. The third-order valence-electron chi connectivity index (χ3n) is 5.94. The van der Waals surface area contributed by atoms with E-state index in [0.29, 0.717) is 31.5 Å². The Morgan fingerprint density at radius 1 is 1.17 bits per heavy atom. The molecule has 8 heteroatoms. The van der Waals surface area contributed by atoms with Gasteiger partial charge >= 0.3 is 6.18 Å². The number of nitrogens with zero attached hydrogens (tertiary/aromatic N) is 2. The molecule has 0 radical (unpaired) electrons. The molecule has 1 aromatic carbocycles. The zero-order chi connectivity index (χ0) is 21.6. The molecular weight excluding hydrogens is 393 g/mol. The lowest BCUT2D eigenvalue weighted by atomic mass is 9.89. The number of hydrogen-bond acceptors (Lipinski definition) is 3. The van der Waals surface area contributed by atoms with E-state index in [0.717, 1.165) is 32.4 Å². The fourth-order valence-corrected chi connectivity index (χ4v) is 4.34. The lowest BCUT2D eigenvalue weighted by molar-refractivity contribution is -0.143. The minimum Gasteiger partial charge on any atom is -0.373 e. The molecule has 5 nitrogen and oxygen atoms in total. The molecule has 0 aliphatic carbocycles. The Kier molecular flexibility index (Phi) is 7.99. The quantitative estimate of drug-likeness (QED) is 0.540. The number of aryl methyl sites for hydroxylation is 1. The van der Waals surface area contributed by atoms with Gasteiger partial charge in [0, 0.05) is 39.2 Å². The normalized spacial score (nSPS) is 26.0. The molecule has 0 amide bonds. The standard InChI is InChI=1S/C22H33F3N4O/c1-16-5-7-18(8-6-16)20-19(4-3-11-30-20)13-28-21(26-2)27-12-17-9-10-29(14-17)15-22(23,24)25/h5-8,17,19-20H,3-4,9-15H2,1-2H3,(H2,26,27,28). The van der Waals surface area contributed by atoms with Crippen LogP contribution in [0.25, 0.3) is 0 Å². The average molecular weight is 427 g/mol. The highest BCUT2D eigenvalue weighted by Gasteiger charge is 2.34. The first kappa shape index (κ1) is 22.9. The number of halogens is 3. The molecule has 30 heavy (non-hydrogen) atoms. The molecule has 3 unspecified atom stereocenters. The summed E-state index contributed by atoms with van der Waals surface area (Å²) in [5.41, 5.74) is 2.43. The summed E-state index contributed by atoms with van der Waals surface area (Å²) in [6.07, 6.45) is -1.17. The zero-order valence-corrected chi connectivity index (χ0v) is 17.8. The van der Waals surface area contributed by atoms with Crippen molar-refractivity contribution >= 4 is 5.96 Å². The van der Waals surface area contributed by atoms with E-state index < -0.39 is 12.7 Å². The summed E-state index contributed by atoms with van der Waals surface area (Å²) < 4.78 is 43.8. The summed E-state index contributed by atoms with van der Waals surface area (Å²) in [4.78, 5) is 5.76. The molecule has 168 valence electrons. The Morgan fingerprint density at radius 2 is 1.90 bits per heavy atom. The summed E-state index contributed by atoms with van der Waals surface area (Å²) in [5, 5.41) is 6.68. The molecule has 3 atom stereocenters. The maximum absolute atomic E-state index is 12.6. The van der Waals surface area contributed by atoms with Gasteiger partial charge in [0.25, 0.3) is 0 Å². The first-order chi connectivity index (χ1) is 14.3. The van der Waals surface area contributed by atoms with E-state index in [1.54, 1.807) is 7.05 Å². The molecule has 2 aliphatic rings. The van der Waals surface area contributed by atoms with Crippen LogP contribution in [0.15, 0.2) is 29.3 Å². The second-order valence-corrected chi connectivity index (χ2v) is 8.44. The third-order valence-corrected chi connectivity index (χ3v) is 5.94. The number of likely N-dealkylation sites (tertiary alicyclic amines) is 1. The molecule has 2 heterocycles. The van der Waals surface area contributed by atoms with Crippen molar-refractivity contribution in [1.29, 1.82) is 0 Å². The fourth-order valence-electron chi connectivity index (χ4n) is 4.34. The Balaban J connectivity index is 1.46. The summed E-state index contributed by atoms with van der Waals surface area (Å²) >= 11 is 0. The van der Waals surface area contributed by atoms with Gasteiger partial charge in [-0.15, -0.1) is 0 Å². The topological polar surface area (TPSA) is 48.9 Å². The summed E-state index contributed by atoms with van der Waals surface area (Å²) in [7, 11) is 1.72. The second kappa shape index (κ2) is 10.5. The van der Waals surface area contributed by atoms with Gasteiger partial charge in [0.05, 0.1) is 12.6 Å². The molecule has 0 saturated carbocycles. The van der Waals surface area contributed by atoms with Gasteiger partial charge in [0.2, 0.25) is 0 Å². The molecule has 0 bridgehead atoms. The van der Waals surface area contributed by atoms with Crippen LogP contribution in [-0.4, -0.2) is 63.4 Å². The summed E-state index contributed by atoms with van der Waals surface area (Å²) in [6, 6.07) is 8.50. The monoisotopic (exact) mass is 426 g/mol. The SMILES string of the molecule is CN=C(NCC1CCN(CC(F)(F)F)C1)NCC1CCCOC1c1ccc(C)cc1. The number of alkyl halides is 3. The van der Waals surface area contributed by atoms with Gasteiger partial charge in [-0.05, 0) is 44.2 Å². The predicted octanol–water partition coefficient (Wildman–Crippen LogP) is 3.51. The highest BCUT2D eigenvalue weighted by atomic mass is 19.4. The maximum atomic E-state index is 12.6. The van der Waals surface area contributed by atoms with E-state index in [-0.39, 0.29) is 12.0 Å². The number of guanidine groups is 1. The average Bonchev–Trinajstić information content (AvgIpc) is 3.14. The molecule has 0 aromatic heterocycles. The first-order valence-corrected chi connectivity index (χ1v) is 10.8. The molecule has 0 spiro atoms. The largest absolute Gasteiger partial charge is 0.401 e. The van der Waals surface area contributed by atoms with Crippen LogP contribution >= 0.6 is 0 Å². The van der Waals surface area contributed by atoms with Crippen LogP contribution in [0.5, 0.6) is 0 Å². The first-order valence-electron chi connectivity index (χ1n) is 10.8.